The quantitative estimate of drug-likeness (QED) is 0.0343. The minimum Gasteiger partial charge on any atom is -0.391 e. The van der Waals surface area contributed by atoms with Gasteiger partial charge in [0.15, 0.2) is 0 Å². The van der Waals surface area contributed by atoms with Crippen molar-refractivity contribution in [2.45, 2.75) is 194 Å². The highest BCUT2D eigenvalue weighted by molar-refractivity contribution is 5.76. The van der Waals surface area contributed by atoms with Gasteiger partial charge in [0.25, 0.3) is 0 Å². The number of aliphatic hydroxyl groups excluding tert-OH is 1. The fraction of sp³-hybridized carbons (Fsp3) is 0.860. The molecular weight excluding hydrogens is 606 g/mol. The summed E-state index contributed by atoms with van der Waals surface area (Å²) < 4.78 is 0.637. The maximum atomic E-state index is 12.4. The van der Waals surface area contributed by atoms with Crippen LogP contribution in [0.4, 0.5) is 0 Å². The molecule has 0 bridgehead atoms. The van der Waals surface area contributed by atoms with E-state index in [4.69, 9.17) is 0 Å². The first-order chi connectivity index (χ1) is 24.0. The molecule has 2 amide bonds. The molecule has 0 aliphatic rings. The lowest BCUT2D eigenvalue weighted by Crippen LogP contribution is -2.53. The van der Waals surface area contributed by atoms with E-state index in [1.807, 2.05) is 0 Å². The molecule has 0 heterocycles. The van der Waals surface area contributed by atoms with Crippen molar-refractivity contribution in [3.05, 3.63) is 24.3 Å². The number of nitrogens with zero attached hydrogens (tertiary/aromatic N) is 1. The van der Waals surface area contributed by atoms with Gasteiger partial charge in [0.1, 0.15) is 6.54 Å². The van der Waals surface area contributed by atoms with Crippen LogP contribution in [0.1, 0.15) is 194 Å². The molecule has 0 aliphatic heterocycles. The van der Waals surface area contributed by atoms with Crippen molar-refractivity contribution in [1.82, 2.24) is 10.6 Å². The molecule has 0 rings (SSSR count). The Morgan fingerprint density at radius 3 is 1.10 bits per heavy atom. The average Bonchev–Trinajstić information content (AvgIpc) is 3.08. The normalized spacial score (nSPS) is 12.0. The maximum Gasteiger partial charge on any atom is 0.220 e. The van der Waals surface area contributed by atoms with Gasteiger partial charge < -0.3 is 20.2 Å². The van der Waals surface area contributed by atoms with Crippen LogP contribution in [0.3, 0.4) is 0 Å². The van der Waals surface area contributed by atoms with E-state index in [0.717, 1.165) is 38.8 Å². The van der Waals surface area contributed by atoms with Crippen LogP contribution in [0, 0.1) is 0 Å². The zero-order valence-corrected chi connectivity index (χ0v) is 33.1. The van der Waals surface area contributed by atoms with Crippen LogP contribution >= 0.6 is 0 Å². The van der Waals surface area contributed by atoms with Crippen molar-refractivity contribution in [2.75, 3.05) is 46.4 Å². The van der Waals surface area contributed by atoms with E-state index in [9.17, 15) is 14.7 Å². The highest BCUT2D eigenvalue weighted by Gasteiger charge is 2.21. The third-order valence-corrected chi connectivity index (χ3v) is 9.92. The van der Waals surface area contributed by atoms with Crippen molar-refractivity contribution in [3.63, 3.8) is 0 Å². The van der Waals surface area contributed by atoms with Crippen molar-refractivity contribution < 1.29 is 19.2 Å². The van der Waals surface area contributed by atoms with Gasteiger partial charge >= 0.3 is 0 Å². The van der Waals surface area contributed by atoms with Gasteiger partial charge in [-0.2, -0.15) is 0 Å². The number of hydrogen-bond acceptors (Lipinski definition) is 3. The number of unbranched alkanes of at least 4 members (excludes halogenated alkanes) is 22. The number of hydrogen-bond donors (Lipinski definition) is 3. The highest BCUT2D eigenvalue weighted by Crippen LogP contribution is 2.12. The van der Waals surface area contributed by atoms with Crippen LogP contribution in [0.25, 0.3) is 0 Å². The largest absolute Gasteiger partial charge is 0.391 e. The zero-order chi connectivity index (χ0) is 35.9. The monoisotopic (exact) mass is 691 g/mol. The van der Waals surface area contributed by atoms with E-state index in [-0.39, 0.29) is 18.4 Å². The SMILES string of the molecule is CCCCCCCC/C=C\CCCCCCCC(=O)NCC[N+](C)(CCO)CCNC(=O)CCCCCCC/C=C\CCCCCCCC. The second-order valence-corrected chi connectivity index (χ2v) is 14.9. The molecule has 6 heteroatoms. The molecule has 0 spiro atoms. The topological polar surface area (TPSA) is 78.4 Å². The summed E-state index contributed by atoms with van der Waals surface area (Å²) >= 11 is 0. The van der Waals surface area contributed by atoms with Crippen LogP contribution in [-0.2, 0) is 9.59 Å². The molecule has 6 nitrogen and oxygen atoms in total. The molecule has 0 aromatic heterocycles. The number of carbonyl (C=O) groups is 2. The number of amides is 2. The summed E-state index contributed by atoms with van der Waals surface area (Å²) in [5, 5.41) is 15.8. The van der Waals surface area contributed by atoms with E-state index in [1.54, 1.807) is 0 Å². The Hall–Kier alpha value is -1.66. The Morgan fingerprint density at radius 1 is 0.469 bits per heavy atom. The molecule has 0 unspecified atom stereocenters. The molecule has 288 valence electrons. The Morgan fingerprint density at radius 2 is 0.776 bits per heavy atom. The summed E-state index contributed by atoms with van der Waals surface area (Å²) in [6.07, 6.45) is 43.4. The van der Waals surface area contributed by atoms with Gasteiger partial charge in [-0.15, -0.1) is 0 Å². The first kappa shape index (κ1) is 47.3. The zero-order valence-electron chi connectivity index (χ0n) is 33.1. The molecule has 0 aliphatic carbocycles. The Balaban J connectivity index is 3.75. The summed E-state index contributed by atoms with van der Waals surface area (Å²) in [6.45, 7) is 7.96. The van der Waals surface area contributed by atoms with E-state index in [1.165, 1.54) is 141 Å². The minimum absolute atomic E-state index is 0.0994. The molecule has 0 atom stereocenters. The summed E-state index contributed by atoms with van der Waals surface area (Å²) in [7, 11) is 2.10. The lowest BCUT2D eigenvalue weighted by atomic mass is 10.1. The van der Waals surface area contributed by atoms with Crippen molar-refractivity contribution in [2.24, 2.45) is 0 Å². The molecule has 0 radical (unpaired) electrons. The third-order valence-electron chi connectivity index (χ3n) is 9.92. The molecule has 0 fully saturated rings. The van der Waals surface area contributed by atoms with Gasteiger partial charge in [-0.3, -0.25) is 9.59 Å². The Bertz CT molecular complexity index is 724. The lowest BCUT2D eigenvalue weighted by molar-refractivity contribution is -0.907. The van der Waals surface area contributed by atoms with Crippen LogP contribution in [-0.4, -0.2) is 67.8 Å². The summed E-state index contributed by atoms with van der Waals surface area (Å²) in [6, 6.07) is 0. The first-order valence-electron chi connectivity index (χ1n) is 21.2. The van der Waals surface area contributed by atoms with Gasteiger partial charge in [0, 0.05) is 12.8 Å². The standard InChI is InChI=1S/C43H83N3O3/c1-4-6-8-10-12-14-16-18-20-22-24-26-28-30-32-34-42(48)44-36-38-46(3,40-41-47)39-37-45-43(49)35-33-31-29-27-25-23-21-19-17-15-13-11-9-7-5-2/h18-21,47H,4-17,22-41H2,1-3H3,(H-,44,45,48,49)/p+1/b20-18-,21-19-. The van der Waals surface area contributed by atoms with Gasteiger partial charge in [0.05, 0.1) is 39.8 Å². The number of allylic oxidation sites excluding steroid dienone is 4. The molecule has 0 aromatic rings. The van der Waals surface area contributed by atoms with Crippen LogP contribution < -0.4 is 10.6 Å². The first-order valence-corrected chi connectivity index (χ1v) is 21.2. The van der Waals surface area contributed by atoms with Crippen molar-refractivity contribution in [1.29, 1.82) is 0 Å². The number of aliphatic hydroxyl groups is 1. The van der Waals surface area contributed by atoms with Gasteiger partial charge in [-0.25, -0.2) is 0 Å². The van der Waals surface area contributed by atoms with Gasteiger partial charge in [-0.1, -0.05) is 141 Å². The Labute approximate surface area is 305 Å². The number of quaternary nitrogens is 1. The van der Waals surface area contributed by atoms with Crippen molar-refractivity contribution >= 4 is 11.8 Å². The molecule has 49 heavy (non-hydrogen) atoms. The predicted molar refractivity (Wildman–Crippen MR) is 213 cm³/mol. The average molecular weight is 691 g/mol. The van der Waals surface area contributed by atoms with Gasteiger partial charge in [0.2, 0.25) is 11.8 Å². The number of rotatable bonds is 38. The van der Waals surface area contributed by atoms with Crippen LogP contribution in [0.2, 0.25) is 0 Å². The second-order valence-electron chi connectivity index (χ2n) is 14.9. The molecule has 3 N–H and O–H groups in total. The fourth-order valence-corrected chi connectivity index (χ4v) is 6.40. The predicted octanol–water partition coefficient (Wildman–Crippen LogP) is 10.7. The van der Waals surface area contributed by atoms with Crippen molar-refractivity contribution in [3.8, 4) is 0 Å². The Kier molecular flexibility index (Phi) is 36.3. The molecule has 0 saturated heterocycles. The fourth-order valence-electron chi connectivity index (χ4n) is 6.40. The van der Waals surface area contributed by atoms with Crippen LogP contribution in [0.5, 0.6) is 0 Å². The third kappa shape index (κ3) is 36.0. The highest BCUT2D eigenvalue weighted by atomic mass is 16.3. The number of carbonyl (C=O) groups excluding carboxylic acids is 2. The summed E-state index contributed by atoms with van der Waals surface area (Å²) in [4.78, 5) is 24.7. The van der Waals surface area contributed by atoms with E-state index < -0.39 is 0 Å². The smallest absolute Gasteiger partial charge is 0.220 e. The van der Waals surface area contributed by atoms with E-state index in [0.29, 0.717) is 37.0 Å². The second kappa shape index (κ2) is 37.6. The maximum absolute atomic E-state index is 12.4. The number of likely N-dealkylation sites (N-methyl/N-ethyl adjacent to an activating group) is 1. The lowest BCUT2D eigenvalue weighted by Gasteiger charge is -2.34. The molecule has 0 aromatic carbocycles. The van der Waals surface area contributed by atoms with E-state index >= 15 is 0 Å². The summed E-state index contributed by atoms with van der Waals surface area (Å²) in [5.41, 5.74) is 0. The molecule has 0 saturated carbocycles. The minimum atomic E-state index is 0.0994. The number of nitrogens with one attached hydrogen (secondary N) is 2. The van der Waals surface area contributed by atoms with E-state index in [2.05, 4.69) is 55.8 Å². The van der Waals surface area contributed by atoms with Crippen LogP contribution in [0.15, 0.2) is 24.3 Å². The summed E-state index contributed by atoms with van der Waals surface area (Å²) in [5.74, 6) is 0.253. The molecular formula is C43H84N3O3+. The van der Waals surface area contributed by atoms with Gasteiger partial charge in [-0.05, 0) is 64.2 Å².